The molecule has 0 radical (unpaired) electrons. The molecule has 9 heteroatoms. The number of aromatic nitrogens is 2. The van der Waals surface area contributed by atoms with Gasteiger partial charge in [-0.1, -0.05) is 13.3 Å². The second-order valence-electron chi connectivity index (χ2n) is 8.82. The fraction of sp³-hybridized carbons (Fsp3) is 0.609. The summed E-state index contributed by atoms with van der Waals surface area (Å²) in [5, 5.41) is 3.56. The van der Waals surface area contributed by atoms with E-state index in [1.54, 1.807) is 16.7 Å². The molecule has 8 nitrogen and oxygen atoms in total. The van der Waals surface area contributed by atoms with Crippen molar-refractivity contribution in [3.63, 3.8) is 0 Å². The Hall–Kier alpha value is -2.39. The Bertz CT molecular complexity index is 1070. The third kappa shape index (κ3) is 5.50. The van der Waals surface area contributed by atoms with Gasteiger partial charge in [-0.2, -0.15) is 0 Å². The summed E-state index contributed by atoms with van der Waals surface area (Å²) in [6.07, 6.45) is 5.46. The highest BCUT2D eigenvalue weighted by molar-refractivity contribution is 7.71. The molecule has 2 N–H and O–H groups in total. The van der Waals surface area contributed by atoms with Gasteiger partial charge in [-0.05, 0) is 63.0 Å². The van der Waals surface area contributed by atoms with Gasteiger partial charge in [0.2, 0.25) is 12.7 Å². The van der Waals surface area contributed by atoms with Gasteiger partial charge >= 0.3 is 0 Å². The highest BCUT2D eigenvalue weighted by atomic mass is 32.1. The van der Waals surface area contributed by atoms with Crippen LogP contribution in [0.4, 0.5) is 0 Å². The molecule has 0 atom stereocenters. The van der Waals surface area contributed by atoms with Crippen LogP contribution < -0.4 is 20.3 Å². The Balaban J connectivity index is 1.19. The number of carbonyl (C=O) groups is 1. The minimum absolute atomic E-state index is 0.103. The fourth-order valence-electron chi connectivity index (χ4n) is 4.31. The number of likely N-dealkylation sites (tertiary alicyclic amines) is 1. The average molecular weight is 461 g/mol. The number of fused-ring (bicyclic) bond motifs is 2. The molecule has 1 aromatic carbocycles. The van der Waals surface area contributed by atoms with Crippen molar-refractivity contribution in [2.24, 2.45) is 5.92 Å². The zero-order valence-electron chi connectivity index (χ0n) is 18.7. The van der Waals surface area contributed by atoms with Crippen LogP contribution in [0.2, 0.25) is 0 Å². The minimum Gasteiger partial charge on any atom is -0.454 e. The molecule has 0 spiro atoms. The molecule has 4 rings (SSSR count). The number of unbranched alkanes of at least 4 members (excludes halogenated alkanes) is 2. The molecule has 2 aromatic rings. The van der Waals surface area contributed by atoms with E-state index < -0.39 is 0 Å². The molecule has 1 amide bonds. The van der Waals surface area contributed by atoms with Gasteiger partial charge < -0.3 is 24.7 Å². The summed E-state index contributed by atoms with van der Waals surface area (Å²) in [4.78, 5) is 30.5. The van der Waals surface area contributed by atoms with E-state index in [-0.39, 0.29) is 18.3 Å². The summed E-state index contributed by atoms with van der Waals surface area (Å²) in [5.74, 6) is 2.12. The van der Waals surface area contributed by atoms with Crippen LogP contribution in [-0.2, 0) is 11.3 Å². The standard InChI is InChI=1S/C23H32N4O4S/c1-16-6-10-26(11-7-16)12-8-24-21(28)5-3-2-4-9-27-22(29)17-13-19-20(31-15-30-19)14-18(17)25-23(27)32/h13-14,16H,2-12,15H2,1H3,(H,24,28)(H,25,32). The van der Waals surface area contributed by atoms with Crippen molar-refractivity contribution < 1.29 is 14.3 Å². The normalized spacial score (nSPS) is 16.5. The number of H-pyrrole nitrogens is 1. The molecule has 0 aliphatic carbocycles. The zero-order chi connectivity index (χ0) is 22.5. The number of nitrogens with zero attached hydrogens (tertiary/aromatic N) is 2. The van der Waals surface area contributed by atoms with E-state index in [0.29, 0.717) is 46.7 Å². The van der Waals surface area contributed by atoms with Gasteiger partial charge in [-0.15, -0.1) is 0 Å². The van der Waals surface area contributed by atoms with E-state index in [1.165, 1.54) is 12.8 Å². The van der Waals surface area contributed by atoms with Crippen LogP contribution in [0.15, 0.2) is 16.9 Å². The number of rotatable bonds is 9. The molecule has 1 saturated heterocycles. The van der Waals surface area contributed by atoms with Crippen LogP contribution in [-0.4, -0.2) is 53.3 Å². The molecule has 2 aliphatic rings. The molecule has 0 saturated carbocycles. The van der Waals surface area contributed by atoms with E-state index in [4.69, 9.17) is 21.7 Å². The molecule has 0 unspecified atom stereocenters. The third-order valence-electron chi connectivity index (χ3n) is 6.39. The summed E-state index contributed by atoms with van der Waals surface area (Å²) in [6.45, 7) is 6.90. The quantitative estimate of drug-likeness (QED) is 0.441. The Labute approximate surface area is 192 Å². The maximum absolute atomic E-state index is 12.9. The monoisotopic (exact) mass is 460 g/mol. The minimum atomic E-state index is -0.133. The van der Waals surface area contributed by atoms with Crippen molar-refractivity contribution in [1.29, 1.82) is 0 Å². The van der Waals surface area contributed by atoms with Gasteiger partial charge in [0.25, 0.3) is 5.56 Å². The number of ether oxygens (including phenoxy) is 2. The van der Waals surface area contributed by atoms with Gasteiger partial charge in [0.15, 0.2) is 16.3 Å². The smallest absolute Gasteiger partial charge is 0.262 e. The van der Waals surface area contributed by atoms with Crippen molar-refractivity contribution in [2.75, 3.05) is 33.0 Å². The van der Waals surface area contributed by atoms with Crippen molar-refractivity contribution in [2.45, 2.75) is 52.0 Å². The van der Waals surface area contributed by atoms with E-state index in [1.807, 2.05) is 0 Å². The highest BCUT2D eigenvalue weighted by Gasteiger charge is 2.17. The Kier molecular flexibility index (Phi) is 7.47. The molecular weight excluding hydrogens is 428 g/mol. The van der Waals surface area contributed by atoms with Gasteiger partial charge in [0.1, 0.15) is 0 Å². The maximum Gasteiger partial charge on any atom is 0.262 e. The summed E-state index contributed by atoms with van der Waals surface area (Å²) in [5.41, 5.74) is 0.517. The van der Waals surface area contributed by atoms with E-state index in [2.05, 4.69) is 22.1 Å². The number of aromatic amines is 1. The number of carbonyl (C=O) groups excluding carboxylic acids is 1. The van der Waals surface area contributed by atoms with Gasteiger partial charge in [0, 0.05) is 32.1 Å². The average Bonchev–Trinajstić information content (AvgIpc) is 3.23. The largest absolute Gasteiger partial charge is 0.454 e. The fourth-order valence-corrected chi connectivity index (χ4v) is 4.59. The van der Waals surface area contributed by atoms with Crippen molar-refractivity contribution in [1.82, 2.24) is 19.8 Å². The highest BCUT2D eigenvalue weighted by Crippen LogP contribution is 2.34. The van der Waals surface area contributed by atoms with Crippen LogP contribution in [0.5, 0.6) is 11.5 Å². The molecule has 3 heterocycles. The first kappa shape index (κ1) is 22.8. The predicted molar refractivity (Wildman–Crippen MR) is 126 cm³/mol. The first-order valence-electron chi connectivity index (χ1n) is 11.6. The lowest BCUT2D eigenvalue weighted by Gasteiger charge is -2.30. The topological polar surface area (TPSA) is 88.6 Å². The van der Waals surface area contributed by atoms with E-state index >= 15 is 0 Å². The summed E-state index contributed by atoms with van der Waals surface area (Å²) in [6, 6.07) is 3.46. The molecular formula is C23H32N4O4S. The summed E-state index contributed by atoms with van der Waals surface area (Å²) >= 11 is 5.39. The summed E-state index contributed by atoms with van der Waals surface area (Å²) < 4.78 is 12.7. The zero-order valence-corrected chi connectivity index (χ0v) is 19.5. The van der Waals surface area contributed by atoms with Crippen LogP contribution in [0, 0.1) is 10.7 Å². The first-order valence-corrected chi connectivity index (χ1v) is 12.0. The molecule has 1 aromatic heterocycles. The Morgan fingerprint density at radius 2 is 1.91 bits per heavy atom. The van der Waals surface area contributed by atoms with Crippen LogP contribution in [0.25, 0.3) is 10.9 Å². The molecule has 0 bridgehead atoms. The number of amides is 1. The number of hydrogen-bond donors (Lipinski definition) is 2. The SMILES string of the molecule is CC1CCN(CCNC(=O)CCCCCn2c(=S)[nH]c3cc4c(cc3c2=O)OCO4)CC1. The maximum atomic E-state index is 12.9. The molecule has 1 fully saturated rings. The van der Waals surface area contributed by atoms with Crippen LogP contribution in [0.1, 0.15) is 45.4 Å². The molecule has 32 heavy (non-hydrogen) atoms. The van der Waals surface area contributed by atoms with Gasteiger partial charge in [-0.3, -0.25) is 14.2 Å². The van der Waals surface area contributed by atoms with E-state index in [9.17, 15) is 9.59 Å². The predicted octanol–water partition coefficient (Wildman–Crippen LogP) is 3.20. The number of benzene rings is 1. The third-order valence-corrected chi connectivity index (χ3v) is 6.71. The number of nitrogens with one attached hydrogen (secondary N) is 2. The van der Waals surface area contributed by atoms with E-state index in [0.717, 1.165) is 44.8 Å². The number of hydrogen-bond acceptors (Lipinski definition) is 6. The first-order chi connectivity index (χ1) is 15.5. The lowest BCUT2D eigenvalue weighted by molar-refractivity contribution is -0.121. The van der Waals surface area contributed by atoms with Crippen molar-refractivity contribution in [3.05, 3.63) is 27.3 Å². The molecule has 174 valence electrons. The van der Waals surface area contributed by atoms with Gasteiger partial charge in [-0.25, -0.2) is 0 Å². The van der Waals surface area contributed by atoms with Crippen molar-refractivity contribution in [3.8, 4) is 11.5 Å². The summed E-state index contributed by atoms with van der Waals surface area (Å²) in [7, 11) is 0. The number of piperidine rings is 1. The molecule has 2 aliphatic heterocycles. The van der Waals surface area contributed by atoms with Crippen molar-refractivity contribution >= 4 is 29.0 Å². The lowest BCUT2D eigenvalue weighted by atomic mass is 9.99. The Morgan fingerprint density at radius 1 is 1.16 bits per heavy atom. The van der Waals surface area contributed by atoms with Crippen LogP contribution in [0.3, 0.4) is 0 Å². The lowest BCUT2D eigenvalue weighted by Crippen LogP contribution is -2.39. The Morgan fingerprint density at radius 3 is 2.69 bits per heavy atom. The second kappa shape index (κ2) is 10.5. The van der Waals surface area contributed by atoms with Crippen LogP contribution >= 0.6 is 12.2 Å². The second-order valence-corrected chi connectivity index (χ2v) is 9.21. The van der Waals surface area contributed by atoms with Gasteiger partial charge in [0.05, 0.1) is 10.9 Å².